The molecular weight excluding hydrogens is 302 g/mol. The van der Waals surface area contributed by atoms with Gasteiger partial charge in [0.1, 0.15) is 5.52 Å². The quantitative estimate of drug-likeness (QED) is 0.602. The molecule has 0 saturated carbocycles. The van der Waals surface area contributed by atoms with Crippen molar-refractivity contribution in [2.45, 2.75) is 20.4 Å². The van der Waals surface area contributed by atoms with E-state index in [2.05, 4.69) is 27.4 Å². The van der Waals surface area contributed by atoms with Crippen molar-refractivity contribution < 1.29 is 9.21 Å². The van der Waals surface area contributed by atoms with Crippen LogP contribution in [-0.2, 0) is 6.54 Å². The number of hydrogen-bond acceptors (Lipinski definition) is 3. The van der Waals surface area contributed by atoms with Gasteiger partial charge in [0.15, 0.2) is 11.3 Å². The fourth-order valence-corrected chi connectivity index (χ4v) is 2.84. The molecule has 24 heavy (non-hydrogen) atoms. The zero-order chi connectivity index (χ0) is 16.7. The summed E-state index contributed by atoms with van der Waals surface area (Å²) in [6, 6.07) is 13.6. The Hall–Kier alpha value is -3.08. The minimum absolute atomic E-state index is 0.240. The minimum Gasteiger partial charge on any atom is -0.449 e. The van der Waals surface area contributed by atoms with Crippen LogP contribution >= 0.6 is 0 Å². The first-order chi connectivity index (χ1) is 11.6. The van der Waals surface area contributed by atoms with E-state index in [1.807, 2.05) is 38.1 Å². The van der Waals surface area contributed by atoms with Gasteiger partial charge in [-0.05, 0) is 55.1 Å². The Morgan fingerprint density at radius 2 is 2.04 bits per heavy atom. The molecule has 0 bridgehead atoms. The highest BCUT2D eigenvalue weighted by atomic mass is 16.3. The Balaban J connectivity index is 1.51. The predicted molar refractivity (Wildman–Crippen MR) is 93.0 cm³/mol. The fourth-order valence-electron chi connectivity index (χ4n) is 2.84. The van der Waals surface area contributed by atoms with Crippen LogP contribution < -0.4 is 5.32 Å². The molecule has 3 aromatic heterocycles. The molecule has 0 unspecified atom stereocenters. The first-order valence-corrected chi connectivity index (χ1v) is 7.82. The number of nitrogens with one attached hydrogen (secondary N) is 2. The molecule has 0 spiro atoms. The fraction of sp³-hybridized carbons (Fsp3) is 0.158. The molecule has 2 N–H and O–H groups in total. The lowest BCUT2D eigenvalue weighted by Crippen LogP contribution is -2.22. The molecule has 0 fully saturated rings. The monoisotopic (exact) mass is 319 g/mol. The van der Waals surface area contributed by atoms with Gasteiger partial charge in [-0.2, -0.15) is 0 Å². The van der Waals surface area contributed by atoms with Crippen molar-refractivity contribution in [3.05, 3.63) is 65.2 Å². The summed E-state index contributed by atoms with van der Waals surface area (Å²) in [4.78, 5) is 19.9. The van der Waals surface area contributed by atoms with Crippen LogP contribution in [-0.4, -0.2) is 15.9 Å². The van der Waals surface area contributed by atoms with Gasteiger partial charge in [-0.3, -0.25) is 4.79 Å². The van der Waals surface area contributed by atoms with Crippen LogP contribution in [0.1, 0.15) is 27.5 Å². The maximum absolute atomic E-state index is 12.3. The van der Waals surface area contributed by atoms with E-state index < -0.39 is 0 Å². The molecule has 5 heteroatoms. The number of pyridine rings is 1. The van der Waals surface area contributed by atoms with E-state index in [1.54, 1.807) is 6.07 Å². The van der Waals surface area contributed by atoms with Gasteiger partial charge >= 0.3 is 0 Å². The smallest absolute Gasteiger partial charge is 0.287 e. The molecule has 4 rings (SSSR count). The predicted octanol–water partition coefficient (Wildman–Crippen LogP) is 3.86. The third-order valence-corrected chi connectivity index (χ3v) is 4.01. The maximum Gasteiger partial charge on any atom is 0.287 e. The molecule has 0 aliphatic heterocycles. The Kier molecular flexibility index (Phi) is 3.34. The van der Waals surface area contributed by atoms with Crippen LogP contribution in [0.2, 0.25) is 0 Å². The second-order valence-corrected chi connectivity index (χ2v) is 6.00. The summed E-state index contributed by atoms with van der Waals surface area (Å²) in [6.45, 7) is 4.38. The van der Waals surface area contributed by atoms with Crippen molar-refractivity contribution in [3.8, 4) is 0 Å². The van der Waals surface area contributed by atoms with Gasteiger partial charge in [-0.25, -0.2) is 4.98 Å². The summed E-state index contributed by atoms with van der Waals surface area (Å²) in [6.07, 6.45) is 0. The highest BCUT2D eigenvalue weighted by Crippen LogP contribution is 2.19. The van der Waals surface area contributed by atoms with E-state index >= 15 is 0 Å². The highest BCUT2D eigenvalue weighted by Gasteiger charge is 2.13. The van der Waals surface area contributed by atoms with E-state index in [-0.39, 0.29) is 11.7 Å². The van der Waals surface area contributed by atoms with Crippen molar-refractivity contribution in [1.29, 1.82) is 0 Å². The number of carbonyl (C=O) groups is 1. The zero-order valence-corrected chi connectivity index (χ0v) is 13.5. The Labute approximate surface area is 138 Å². The van der Waals surface area contributed by atoms with Gasteiger partial charge in [0, 0.05) is 29.5 Å². The van der Waals surface area contributed by atoms with Gasteiger partial charge in [-0.1, -0.05) is 6.07 Å². The van der Waals surface area contributed by atoms with E-state index in [9.17, 15) is 4.79 Å². The van der Waals surface area contributed by atoms with Crippen molar-refractivity contribution in [2.75, 3.05) is 0 Å². The lowest BCUT2D eigenvalue weighted by molar-refractivity contribution is 0.0925. The first kappa shape index (κ1) is 14.5. The summed E-state index contributed by atoms with van der Waals surface area (Å²) < 4.78 is 5.57. The SMILES string of the molecule is Cc1ccc2oc(C(=O)NCc3ccc4[nH]c(C)cc4c3)cc2n1. The second-order valence-electron chi connectivity index (χ2n) is 6.00. The molecule has 0 saturated heterocycles. The van der Waals surface area contributed by atoms with E-state index in [0.29, 0.717) is 17.6 Å². The molecule has 3 heterocycles. The lowest BCUT2D eigenvalue weighted by Gasteiger charge is -2.03. The molecule has 1 aromatic carbocycles. The maximum atomic E-state index is 12.3. The summed E-state index contributed by atoms with van der Waals surface area (Å²) in [5.74, 6) is 0.0395. The summed E-state index contributed by atoms with van der Waals surface area (Å²) in [5, 5.41) is 4.03. The number of carbonyl (C=O) groups excluding carboxylic acids is 1. The van der Waals surface area contributed by atoms with Crippen LogP contribution in [0.25, 0.3) is 22.0 Å². The van der Waals surface area contributed by atoms with Crippen LogP contribution in [0.4, 0.5) is 0 Å². The molecule has 0 aliphatic carbocycles. The van der Waals surface area contributed by atoms with Gasteiger partial charge in [0.25, 0.3) is 5.91 Å². The lowest BCUT2D eigenvalue weighted by atomic mass is 10.1. The third-order valence-electron chi connectivity index (χ3n) is 4.01. The van der Waals surface area contributed by atoms with Crippen molar-refractivity contribution in [1.82, 2.24) is 15.3 Å². The number of H-pyrrole nitrogens is 1. The van der Waals surface area contributed by atoms with Gasteiger partial charge in [0.2, 0.25) is 0 Å². The number of hydrogen-bond donors (Lipinski definition) is 2. The molecule has 1 amide bonds. The third kappa shape index (κ3) is 2.65. The molecule has 4 aromatic rings. The molecule has 5 nitrogen and oxygen atoms in total. The van der Waals surface area contributed by atoms with E-state index in [1.165, 1.54) is 0 Å². The van der Waals surface area contributed by atoms with Crippen molar-refractivity contribution in [2.24, 2.45) is 0 Å². The minimum atomic E-state index is -0.240. The number of aromatic amines is 1. The Morgan fingerprint density at radius 1 is 1.17 bits per heavy atom. The summed E-state index contributed by atoms with van der Waals surface area (Å²) in [7, 11) is 0. The number of rotatable bonds is 3. The largest absolute Gasteiger partial charge is 0.449 e. The summed E-state index contributed by atoms with van der Waals surface area (Å²) >= 11 is 0. The number of aryl methyl sites for hydroxylation is 2. The van der Waals surface area contributed by atoms with E-state index in [0.717, 1.165) is 27.9 Å². The Morgan fingerprint density at radius 3 is 2.92 bits per heavy atom. The van der Waals surface area contributed by atoms with Crippen LogP contribution in [0.15, 0.2) is 46.9 Å². The number of fused-ring (bicyclic) bond motifs is 2. The standard InChI is InChI=1S/C19H17N3O2/c1-11-3-6-17-16(21-11)9-18(24-17)19(23)20-10-13-4-5-15-14(8-13)7-12(2)22-15/h3-9,22H,10H2,1-2H3,(H,20,23). The average molecular weight is 319 g/mol. The van der Waals surface area contributed by atoms with Crippen molar-refractivity contribution in [3.63, 3.8) is 0 Å². The van der Waals surface area contributed by atoms with Crippen LogP contribution in [0, 0.1) is 13.8 Å². The molecule has 120 valence electrons. The number of benzene rings is 1. The van der Waals surface area contributed by atoms with Gasteiger partial charge in [0.05, 0.1) is 0 Å². The second kappa shape index (κ2) is 5.53. The van der Waals surface area contributed by atoms with Crippen molar-refractivity contribution >= 4 is 27.9 Å². The van der Waals surface area contributed by atoms with E-state index in [4.69, 9.17) is 4.42 Å². The molecular formula is C19H17N3O2. The highest BCUT2D eigenvalue weighted by molar-refractivity contribution is 5.95. The van der Waals surface area contributed by atoms with Gasteiger partial charge in [-0.15, -0.1) is 0 Å². The normalized spacial score (nSPS) is 11.2. The summed E-state index contributed by atoms with van der Waals surface area (Å²) in [5.41, 5.74) is 5.47. The van der Waals surface area contributed by atoms with Crippen LogP contribution in [0.3, 0.4) is 0 Å². The number of aromatic nitrogens is 2. The number of furan rings is 1. The number of nitrogens with zero attached hydrogens (tertiary/aromatic N) is 1. The Bertz CT molecular complexity index is 1060. The number of amides is 1. The molecule has 0 aliphatic rings. The molecule has 0 radical (unpaired) electrons. The average Bonchev–Trinajstić information content (AvgIpc) is 3.13. The topological polar surface area (TPSA) is 70.9 Å². The van der Waals surface area contributed by atoms with Gasteiger partial charge < -0.3 is 14.7 Å². The zero-order valence-electron chi connectivity index (χ0n) is 13.5. The first-order valence-electron chi connectivity index (χ1n) is 7.82. The van der Waals surface area contributed by atoms with Crippen LogP contribution in [0.5, 0.6) is 0 Å². The molecule has 0 atom stereocenters.